The number of nitrogens with zero attached hydrogens (tertiary/aromatic N) is 20. The van der Waals surface area contributed by atoms with Crippen molar-refractivity contribution < 1.29 is 0 Å². The van der Waals surface area contributed by atoms with Gasteiger partial charge in [-0.1, -0.05) is 285 Å². The SMILES string of the molecule is c1cc(-c2nc(-c3ccc4ccccc4c3)nc(-c3ccc4ccccc4c3)n2)cc(-c2nc3ccccc3c3nc4ccccn4c23)c1.c1cc(-c2nc(-c3cccc4ccccc34)nc(-c3cccc4ccccc34)n2)cc(-c2nc3ccccc3c3nc4ccccn4c23)c1.c1cncc(-c2nc(-c3ccncc3)nc(-c3cccc(-c4nc5ccccc5c5nc6ccccn6c45)c3)n2)c1. The van der Waals surface area contributed by atoms with E-state index in [0.29, 0.717) is 52.4 Å². The highest BCUT2D eigenvalue weighted by molar-refractivity contribution is 6.12. The van der Waals surface area contributed by atoms with Crippen LogP contribution in [-0.2, 0) is 0 Å². The molecular formula is C119H72N20. The Labute approximate surface area is 792 Å². The number of fused-ring (bicyclic) bond motifs is 19. The van der Waals surface area contributed by atoms with Crippen LogP contribution in [0.5, 0.6) is 0 Å². The first-order valence-electron chi connectivity index (χ1n) is 45.7. The Hall–Kier alpha value is -19.5. The van der Waals surface area contributed by atoms with Crippen molar-refractivity contribution in [2.75, 3.05) is 0 Å². The van der Waals surface area contributed by atoms with Crippen LogP contribution in [0.2, 0.25) is 0 Å². The standard InChI is InChI=1S/2C43H26N6.C33H20N8/c1-3-18-31-27(12-1)14-10-21-33(31)42-46-41(47-43(48-42)34-22-11-15-28-13-2-4-19-32(28)34)30-17-9-16-29(26-30)38-40-39(35-20-5-6-23-36(35)44-38)45-37-24-7-8-25-49(37)40;1-3-12-29-24-33(21-19-27(29)10-1)42-46-41(47-43(48-42)34-22-20-28-11-2-4-13-30(28)25-34)32-15-9-14-31(26-32)38-40-39(35-16-5-6-17-36(35)44-38)45-37-18-7-8-23-49(37)40;1-2-11-26-25(10-1)29-30(41-18-4-3-12-27(41)37-29)28(36-26)22-7-5-8-23(19-22)32-38-31(21-13-16-34-17-14-21)39-33(40-32)24-9-6-15-35-20-24/h2*1-26H;1-20H. The maximum Gasteiger partial charge on any atom is 0.165 e. The predicted molar refractivity (Wildman–Crippen MR) is 555 cm³/mol. The third-order valence-corrected chi connectivity index (χ3v) is 25.5. The van der Waals surface area contributed by atoms with E-state index in [1.165, 1.54) is 10.8 Å². The van der Waals surface area contributed by atoms with Gasteiger partial charge in [0.25, 0.3) is 0 Å². The largest absolute Gasteiger partial charge is 0.298 e. The maximum absolute atomic E-state index is 5.22. The van der Waals surface area contributed by atoms with Gasteiger partial charge in [0.05, 0.1) is 50.2 Å². The van der Waals surface area contributed by atoms with Crippen LogP contribution >= 0.6 is 0 Å². The van der Waals surface area contributed by atoms with E-state index in [9.17, 15) is 0 Å². The number of benzene rings is 14. The Kier molecular flexibility index (Phi) is 19.6. The highest BCUT2D eigenvalue weighted by Crippen LogP contribution is 2.42. The molecule has 0 radical (unpaired) electrons. The second-order valence-electron chi connectivity index (χ2n) is 34.0. The highest BCUT2D eigenvalue weighted by Gasteiger charge is 2.25. The van der Waals surface area contributed by atoms with Crippen LogP contribution < -0.4 is 0 Å². The minimum Gasteiger partial charge on any atom is -0.298 e. The van der Waals surface area contributed by atoms with Crippen molar-refractivity contribution in [3.05, 3.63) is 438 Å². The molecule has 0 aliphatic carbocycles. The normalized spacial score (nSPS) is 11.6. The van der Waals surface area contributed by atoms with Gasteiger partial charge in [0.2, 0.25) is 0 Å². The van der Waals surface area contributed by atoms with E-state index in [-0.39, 0.29) is 0 Å². The summed E-state index contributed by atoms with van der Waals surface area (Å²) in [6, 6.07) is 134. The molecule has 0 spiro atoms. The summed E-state index contributed by atoms with van der Waals surface area (Å²) in [7, 11) is 0. The highest BCUT2D eigenvalue weighted by atomic mass is 15.1. The van der Waals surface area contributed by atoms with E-state index in [0.717, 1.165) is 199 Å². The maximum atomic E-state index is 5.22. The first-order chi connectivity index (χ1) is 68.8. The Balaban J connectivity index is 0.000000108. The van der Waals surface area contributed by atoms with Gasteiger partial charge in [-0.15, -0.1) is 0 Å². The molecule has 20 heteroatoms. The second-order valence-corrected chi connectivity index (χ2v) is 34.0. The van der Waals surface area contributed by atoms with Crippen LogP contribution in [-0.4, -0.2) is 97.9 Å². The third kappa shape index (κ3) is 14.7. The summed E-state index contributed by atoms with van der Waals surface area (Å²) in [4.78, 5) is 84.2. The molecule has 0 N–H and O–H groups in total. The summed E-state index contributed by atoms with van der Waals surface area (Å²) in [5.74, 6) is 5.36. The fourth-order valence-corrected chi connectivity index (χ4v) is 18.9. The summed E-state index contributed by atoms with van der Waals surface area (Å²) in [5, 5.41) is 12.1. The molecule has 0 saturated heterocycles. The minimum absolute atomic E-state index is 0.549. The summed E-state index contributed by atoms with van der Waals surface area (Å²) in [6.07, 6.45) is 13.1. The predicted octanol–water partition coefficient (Wildman–Crippen LogP) is 27.1. The zero-order valence-electron chi connectivity index (χ0n) is 74.0. The van der Waals surface area contributed by atoms with E-state index in [1.807, 2.05) is 170 Å². The molecule has 14 aromatic carbocycles. The molecule has 0 fully saturated rings. The van der Waals surface area contributed by atoms with Crippen molar-refractivity contribution in [2.24, 2.45) is 0 Å². The fraction of sp³-hybridized carbons (Fsp3) is 0. The first kappa shape index (κ1) is 80.4. The van der Waals surface area contributed by atoms with Crippen molar-refractivity contribution in [3.63, 3.8) is 0 Å². The van der Waals surface area contributed by atoms with Gasteiger partial charge in [-0.25, -0.2) is 74.8 Å². The summed E-state index contributed by atoms with van der Waals surface area (Å²) >= 11 is 0. The van der Waals surface area contributed by atoms with E-state index in [4.69, 9.17) is 74.8 Å². The molecule has 139 heavy (non-hydrogen) atoms. The minimum atomic E-state index is 0.549. The summed E-state index contributed by atoms with van der Waals surface area (Å²) in [6.45, 7) is 0. The van der Waals surface area contributed by atoms with E-state index in [2.05, 4.69) is 266 Å². The van der Waals surface area contributed by atoms with E-state index < -0.39 is 0 Å². The zero-order valence-corrected chi connectivity index (χ0v) is 74.0. The average molecular weight is 1780 g/mol. The van der Waals surface area contributed by atoms with Crippen LogP contribution in [0.4, 0.5) is 0 Å². The Morgan fingerprint density at radius 2 is 0.468 bits per heavy atom. The number of para-hydroxylation sites is 3. The van der Waals surface area contributed by atoms with Crippen molar-refractivity contribution in [2.45, 2.75) is 0 Å². The Bertz CT molecular complexity index is 9520. The van der Waals surface area contributed by atoms with Crippen molar-refractivity contribution >= 4 is 126 Å². The van der Waals surface area contributed by atoms with Crippen LogP contribution in [0.3, 0.4) is 0 Å². The van der Waals surface area contributed by atoms with E-state index >= 15 is 0 Å². The molecule has 0 aliphatic rings. The van der Waals surface area contributed by atoms with Crippen LogP contribution in [0.1, 0.15) is 0 Å². The van der Waals surface area contributed by atoms with Gasteiger partial charge in [0.15, 0.2) is 52.4 Å². The molecule has 28 aromatic rings. The van der Waals surface area contributed by atoms with Gasteiger partial charge < -0.3 is 0 Å². The Morgan fingerprint density at radius 3 is 0.863 bits per heavy atom. The molecule has 0 bridgehead atoms. The van der Waals surface area contributed by atoms with Gasteiger partial charge in [0.1, 0.15) is 33.5 Å². The number of hydrogen-bond donors (Lipinski definition) is 0. The molecule has 20 nitrogen and oxygen atoms in total. The number of pyridine rings is 8. The average Bonchev–Trinajstić information content (AvgIpc) is 1.59. The number of rotatable bonds is 12. The number of aromatic nitrogens is 20. The number of imidazole rings is 3. The van der Waals surface area contributed by atoms with Gasteiger partial charge in [-0.2, -0.15) is 0 Å². The lowest BCUT2D eigenvalue weighted by molar-refractivity contribution is 1.07. The lowest BCUT2D eigenvalue weighted by atomic mass is 10.0. The third-order valence-electron chi connectivity index (χ3n) is 25.5. The lowest BCUT2D eigenvalue weighted by Gasteiger charge is -2.12. The molecule has 0 saturated carbocycles. The molecule has 14 heterocycles. The monoisotopic (exact) mass is 1780 g/mol. The van der Waals surface area contributed by atoms with Crippen LogP contribution in [0.25, 0.3) is 262 Å². The quantitative estimate of drug-likeness (QED) is 0.111. The van der Waals surface area contributed by atoms with Crippen molar-refractivity contribution in [1.82, 2.24) is 97.9 Å². The molecule has 0 atom stereocenters. The van der Waals surface area contributed by atoms with Crippen LogP contribution in [0, 0.1) is 0 Å². The van der Waals surface area contributed by atoms with E-state index in [1.54, 1.807) is 24.8 Å². The fourth-order valence-electron chi connectivity index (χ4n) is 18.9. The van der Waals surface area contributed by atoms with Gasteiger partial charge >= 0.3 is 0 Å². The molecule has 0 amide bonds. The topological polar surface area (TPSA) is 232 Å². The molecule has 648 valence electrons. The van der Waals surface area contributed by atoms with Crippen molar-refractivity contribution in [1.29, 1.82) is 0 Å². The molecule has 28 rings (SSSR count). The van der Waals surface area contributed by atoms with Gasteiger partial charge in [-0.3, -0.25) is 23.2 Å². The molecule has 0 unspecified atom stereocenters. The smallest absolute Gasteiger partial charge is 0.165 e. The lowest BCUT2D eigenvalue weighted by Crippen LogP contribution is -2.01. The summed E-state index contributed by atoms with van der Waals surface area (Å²) < 4.78 is 6.34. The molecule has 0 aliphatic heterocycles. The zero-order chi connectivity index (χ0) is 91.8. The summed E-state index contributed by atoms with van der Waals surface area (Å²) in [5.41, 5.74) is 24.4. The Morgan fingerprint density at radius 1 is 0.165 bits per heavy atom. The first-order valence-corrected chi connectivity index (χ1v) is 45.7. The van der Waals surface area contributed by atoms with Crippen LogP contribution in [0.15, 0.2) is 438 Å². The van der Waals surface area contributed by atoms with Crippen molar-refractivity contribution in [3.8, 4) is 136 Å². The van der Waals surface area contributed by atoms with Gasteiger partial charge in [-0.05, 0) is 152 Å². The second kappa shape index (κ2) is 34.0. The number of hydrogen-bond acceptors (Lipinski definition) is 17. The van der Waals surface area contributed by atoms with Gasteiger partial charge in [0, 0.05) is 126 Å². The molecule has 14 aromatic heterocycles. The molecular weight excluding hydrogens is 1710 g/mol.